The number of amides is 1. The standard InChI is InChI=1S/C20H20N2O8/c1-28-16-6-2-13(3-7-16)12-29-19(24)18-10-15(23)11-21(18)20(25)30-17-8-4-14(5-9-17)22(26)27/h2-9,15,18,23H,10-12H2,1H3/t15-,18+/m1/s1. The number of β-amino-alcohol motifs (C(OH)–C–C–N with tert-alkyl or cyclic N) is 1. The van der Waals surface area contributed by atoms with Crippen LogP contribution >= 0.6 is 0 Å². The molecule has 1 saturated heterocycles. The number of carbonyl (C=O) groups excluding carboxylic acids is 2. The van der Waals surface area contributed by atoms with Crippen molar-refractivity contribution in [2.24, 2.45) is 0 Å². The predicted molar refractivity (Wildman–Crippen MR) is 103 cm³/mol. The van der Waals surface area contributed by atoms with Gasteiger partial charge in [-0.15, -0.1) is 0 Å². The van der Waals surface area contributed by atoms with Gasteiger partial charge in [0.15, 0.2) is 0 Å². The van der Waals surface area contributed by atoms with Crippen molar-refractivity contribution in [1.82, 2.24) is 4.90 Å². The van der Waals surface area contributed by atoms with E-state index in [0.717, 1.165) is 10.5 Å². The lowest BCUT2D eigenvalue weighted by molar-refractivity contribution is -0.384. The number of benzene rings is 2. The minimum absolute atomic E-state index is 0.000658. The number of carbonyl (C=O) groups is 2. The molecular weight excluding hydrogens is 396 g/mol. The fourth-order valence-electron chi connectivity index (χ4n) is 3.01. The molecule has 2 atom stereocenters. The van der Waals surface area contributed by atoms with E-state index in [0.29, 0.717) is 5.75 Å². The van der Waals surface area contributed by atoms with Crippen LogP contribution in [-0.2, 0) is 16.1 Å². The first-order chi connectivity index (χ1) is 14.4. The molecule has 1 amide bonds. The molecule has 1 aliphatic rings. The Hall–Kier alpha value is -3.66. The molecule has 0 radical (unpaired) electrons. The van der Waals surface area contributed by atoms with Crippen LogP contribution in [0.15, 0.2) is 48.5 Å². The van der Waals surface area contributed by atoms with E-state index in [1.54, 1.807) is 31.4 Å². The Bertz CT molecular complexity index is 913. The van der Waals surface area contributed by atoms with Crippen LogP contribution in [0.3, 0.4) is 0 Å². The fraction of sp³-hybridized carbons (Fsp3) is 0.300. The number of hydrogen-bond acceptors (Lipinski definition) is 8. The molecular formula is C20H20N2O8. The largest absolute Gasteiger partial charge is 0.497 e. The van der Waals surface area contributed by atoms with Gasteiger partial charge in [0, 0.05) is 18.6 Å². The molecule has 30 heavy (non-hydrogen) atoms. The van der Waals surface area contributed by atoms with Gasteiger partial charge in [-0.05, 0) is 29.8 Å². The van der Waals surface area contributed by atoms with Crippen LogP contribution in [-0.4, -0.2) is 52.8 Å². The van der Waals surface area contributed by atoms with Gasteiger partial charge in [0.05, 0.1) is 24.7 Å². The molecule has 158 valence electrons. The van der Waals surface area contributed by atoms with Gasteiger partial charge < -0.3 is 19.3 Å². The minimum Gasteiger partial charge on any atom is -0.497 e. The number of nitrogens with zero attached hydrogens (tertiary/aromatic N) is 2. The first-order valence-corrected chi connectivity index (χ1v) is 9.08. The summed E-state index contributed by atoms with van der Waals surface area (Å²) in [6.07, 6.45) is -1.73. The van der Waals surface area contributed by atoms with Gasteiger partial charge in [-0.25, -0.2) is 9.59 Å². The molecule has 3 rings (SSSR count). The molecule has 0 spiro atoms. The maximum absolute atomic E-state index is 12.5. The van der Waals surface area contributed by atoms with Crippen LogP contribution < -0.4 is 9.47 Å². The Kier molecular flexibility index (Phi) is 6.48. The van der Waals surface area contributed by atoms with Crippen molar-refractivity contribution in [3.8, 4) is 11.5 Å². The van der Waals surface area contributed by atoms with E-state index in [1.807, 2.05) is 0 Å². The molecule has 10 heteroatoms. The number of hydrogen-bond donors (Lipinski definition) is 1. The van der Waals surface area contributed by atoms with Gasteiger partial charge in [0.2, 0.25) is 0 Å². The van der Waals surface area contributed by atoms with Gasteiger partial charge in [-0.1, -0.05) is 12.1 Å². The average molecular weight is 416 g/mol. The van der Waals surface area contributed by atoms with E-state index in [4.69, 9.17) is 14.2 Å². The van der Waals surface area contributed by atoms with E-state index < -0.39 is 29.1 Å². The third-order valence-electron chi connectivity index (χ3n) is 4.58. The first kappa shape index (κ1) is 21.1. The van der Waals surface area contributed by atoms with Crippen molar-refractivity contribution in [2.75, 3.05) is 13.7 Å². The first-order valence-electron chi connectivity index (χ1n) is 9.08. The third-order valence-corrected chi connectivity index (χ3v) is 4.58. The van der Waals surface area contributed by atoms with E-state index >= 15 is 0 Å². The van der Waals surface area contributed by atoms with Crippen LogP contribution in [0.25, 0.3) is 0 Å². The van der Waals surface area contributed by atoms with Crippen LogP contribution in [0.1, 0.15) is 12.0 Å². The minimum atomic E-state index is -0.996. The number of rotatable bonds is 6. The molecule has 0 aromatic heterocycles. The van der Waals surface area contributed by atoms with Crippen molar-refractivity contribution in [3.05, 3.63) is 64.2 Å². The fourth-order valence-corrected chi connectivity index (χ4v) is 3.01. The summed E-state index contributed by atoms with van der Waals surface area (Å²) in [4.78, 5) is 36.2. The molecule has 1 fully saturated rings. The number of methoxy groups -OCH3 is 1. The second-order valence-corrected chi connectivity index (χ2v) is 6.63. The Morgan fingerprint density at radius 3 is 2.37 bits per heavy atom. The highest BCUT2D eigenvalue weighted by Crippen LogP contribution is 2.23. The summed E-state index contributed by atoms with van der Waals surface area (Å²) in [7, 11) is 1.55. The molecule has 1 N–H and O–H groups in total. The normalized spacial score (nSPS) is 18.0. The van der Waals surface area contributed by atoms with E-state index in [2.05, 4.69) is 0 Å². The molecule has 10 nitrogen and oxygen atoms in total. The van der Waals surface area contributed by atoms with Crippen molar-refractivity contribution in [3.63, 3.8) is 0 Å². The molecule has 1 heterocycles. The summed E-state index contributed by atoms with van der Waals surface area (Å²) in [6, 6.07) is 10.9. The Morgan fingerprint density at radius 2 is 1.77 bits per heavy atom. The molecule has 2 aromatic rings. The summed E-state index contributed by atoms with van der Waals surface area (Å²) in [5.74, 6) is 0.0875. The molecule has 1 aliphatic heterocycles. The zero-order chi connectivity index (χ0) is 21.7. The highest BCUT2D eigenvalue weighted by Gasteiger charge is 2.41. The van der Waals surface area contributed by atoms with Gasteiger partial charge >= 0.3 is 12.1 Å². The van der Waals surface area contributed by atoms with Gasteiger partial charge in [0.1, 0.15) is 24.1 Å². The van der Waals surface area contributed by atoms with E-state index in [1.165, 1.54) is 24.3 Å². The van der Waals surface area contributed by atoms with Crippen LogP contribution in [0, 0.1) is 10.1 Å². The number of esters is 1. The predicted octanol–water partition coefficient (Wildman–Crippen LogP) is 2.28. The maximum atomic E-state index is 12.5. The van der Waals surface area contributed by atoms with Crippen LogP contribution in [0.5, 0.6) is 11.5 Å². The van der Waals surface area contributed by atoms with Crippen molar-refractivity contribution >= 4 is 17.7 Å². The number of likely N-dealkylation sites (tertiary alicyclic amines) is 1. The number of aliphatic hydroxyl groups excluding tert-OH is 1. The Morgan fingerprint density at radius 1 is 1.13 bits per heavy atom. The summed E-state index contributed by atoms with van der Waals surface area (Å²) in [6.45, 7) is -0.0885. The molecule has 2 aromatic carbocycles. The lowest BCUT2D eigenvalue weighted by Gasteiger charge is -2.22. The smallest absolute Gasteiger partial charge is 0.416 e. The second kappa shape index (κ2) is 9.23. The zero-order valence-electron chi connectivity index (χ0n) is 16.1. The highest BCUT2D eigenvalue weighted by molar-refractivity contribution is 5.83. The summed E-state index contributed by atoms with van der Waals surface area (Å²) < 4.78 is 15.5. The lowest BCUT2D eigenvalue weighted by Crippen LogP contribution is -2.43. The SMILES string of the molecule is COc1ccc(COC(=O)[C@@H]2C[C@@H](O)CN2C(=O)Oc2ccc([N+](=O)[O-])cc2)cc1. The summed E-state index contributed by atoms with van der Waals surface area (Å²) >= 11 is 0. The topological polar surface area (TPSA) is 128 Å². The molecule has 0 saturated carbocycles. The monoisotopic (exact) mass is 416 g/mol. The van der Waals surface area contributed by atoms with Crippen molar-refractivity contribution in [2.45, 2.75) is 25.2 Å². The molecule has 0 unspecified atom stereocenters. The highest BCUT2D eigenvalue weighted by atomic mass is 16.6. The number of nitro benzene ring substituents is 1. The number of aliphatic hydroxyl groups is 1. The average Bonchev–Trinajstić information content (AvgIpc) is 3.14. The molecule has 0 bridgehead atoms. The van der Waals surface area contributed by atoms with Gasteiger partial charge in [0.25, 0.3) is 5.69 Å². The lowest BCUT2D eigenvalue weighted by atomic mass is 10.2. The number of non-ortho nitro benzene ring substituents is 1. The van der Waals surface area contributed by atoms with Crippen molar-refractivity contribution in [1.29, 1.82) is 0 Å². The quantitative estimate of drug-likeness (QED) is 0.431. The van der Waals surface area contributed by atoms with E-state index in [-0.39, 0.29) is 31.0 Å². The number of nitro groups is 1. The van der Waals surface area contributed by atoms with Crippen molar-refractivity contribution < 1.29 is 33.8 Å². The van der Waals surface area contributed by atoms with Gasteiger partial charge in [-0.3, -0.25) is 15.0 Å². The van der Waals surface area contributed by atoms with Crippen LogP contribution in [0.4, 0.5) is 10.5 Å². The second-order valence-electron chi connectivity index (χ2n) is 6.63. The third kappa shape index (κ3) is 5.03. The molecule has 0 aliphatic carbocycles. The van der Waals surface area contributed by atoms with E-state index in [9.17, 15) is 24.8 Å². The zero-order valence-corrected chi connectivity index (χ0v) is 16.1. The number of ether oxygens (including phenoxy) is 3. The Labute approximate surface area is 171 Å². The maximum Gasteiger partial charge on any atom is 0.416 e. The Balaban J connectivity index is 1.61. The summed E-state index contributed by atoms with van der Waals surface area (Å²) in [5.41, 5.74) is 0.592. The van der Waals surface area contributed by atoms with Gasteiger partial charge in [-0.2, -0.15) is 0 Å². The summed E-state index contributed by atoms with van der Waals surface area (Å²) in [5, 5.41) is 20.6. The van der Waals surface area contributed by atoms with Crippen LogP contribution in [0.2, 0.25) is 0 Å².